The largest absolute Gasteiger partial charge is 0.459 e. The maximum absolute atomic E-state index is 13.5. The number of esters is 1. The number of fused-ring (bicyclic) bond motifs is 5. The third kappa shape index (κ3) is 4.94. The first-order valence-electron chi connectivity index (χ1n) is 12.1. The van der Waals surface area contributed by atoms with Gasteiger partial charge in [-0.3, -0.25) is 9.69 Å². The Morgan fingerprint density at radius 1 is 1.11 bits per heavy atom. The molecular weight excluding hydrogens is 459 g/mol. The molecule has 2 bridgehead atoms. The smallest absolute Gasteiger partial charge is 0.421 e. The van der Waals surface area contributed by atoms with Crippen LogP contribution in [-0.4, -0.2) is 39.0 Å². The second-order valence-corrected chi connectivity index (χ2v) is 10.6. The van der Waals surface area contributed by atoms with Crippen LogP contribution in [-0.2, 0) is 15.7 Å². The van der Waals surface area contributed by atoms with Crippen molar-refractivity contribution in [3.63, 3.8) is 0 Å². The lowest BCUT2D eigenvalue weighted by Gasteiger charge is -2.28. The molecule has 2 aromatic rings. The van der Waals surface area contributed by atoms with Crippen molar-refractivity contribution in [1.82, 2.24) is 14.9 Å². The van der Waals surface area contributed by atoms with E-state index in [4.69, 9.17) is 4.74 Å². The van der Waals surface area contributed by atoms with Crippen molar-refractivity contribution < 1.29 is 22.7 Å². The Morgan fingerprint density at radius 3 is 2.46 bits per heavy atom. The van der Waals surface area contributed by atoms with Crippen LogP contribution in [0.4, 0.5) is 30.6 Å². The molecule has 7 nitrogen and oxygen atoms in total. The molecule has 1 aliphatic carbocycles. The lowest BCUT2D eigenvalue weighted by molar-refractivity contribution is -0.156. The van der Waals surface area contributed by atoms with E-state index in [2.05, 4.69) is 25.5 Å². The predicted octanol–water partition coefficient (Wildman–Crippen LogP) is 5.74. The standard InChI is InChI=1S/C25H30F3N5O2/c1-24(2,3)35-21(34)13-33-19-9-10-20(33)17-11-15(7-8-16(17)19)31-23-29-12-18(25(26,27)28)22(32-23)30-14-5-4-6-14/h7-8,11-12,14,19-20H,4-6,9-10,13H2,1-3H3,(H2,29,30,31,32). The van der Waals surface area contributed by atoms with Crippen molar-refractivity contribution >= 4 is 23.4 Å². The Balaban J connectivity index is 1.34. The van der Waals surface area contributed by atoms with Gasteiger partial charge in [-0.2, -0.15) is 18.2 Å². The van der Waals surface area contributed by atoms with Crippen molar-refractivity contribution in [2.75, 3.05) is 17.2 Å². The lowest BCUT2D eigenvalue weighted by Crippen LogP contribution is -2.33. The third-order valence-electron chi connectivity index (χ3n) is 6.85. The fourth-order valence-corrected chi connectivity index (χ4v) is 5.16. The number of carbonyl (C=O) groups excluding carboxylic acids is 1. The molecule has 0 radical (unpaired) electrons. The summed E-state index contributed by atoms with van der Waals surface area (Å²) in [6.45, 7) is 5.79. The number of anilines is 3. The molecule has 1 aromatic carbocycles. The predicted molar refractivity (Wildman–Crippen MR) is 125 cm³/mol. The van der Waals surface area contributed by atoms with Crippen LogP contribution in [0.1, 0.15) is 81.6 Å². The molecule has 1 aromatic heterocycles. The summed E-state index contributed by atoms with van der Waals surface area (Å²) in [5.41, 5.74) is 1.60. The molecule has 1 saturated carbocycles. The highest BCUT2D eigenvalue weighted by Gasteiger charge is 2.45. The van der Waals surface area contributed by atoms with Gasteiger partial charge >= 0.3 is 12.1 Å². The van der Waals surface area contributed by atoms with E-state index in [1.165, 1.54) is 5.56 Å². The lowest BCUT2D eigenvalue weighted by atomic mass is 9.91. The molecule has 3 heterocycles. The molecule has 1 saturated heterocycles. The van der Waals surface area contributed by atoms with E-state index in [1.807, 2.05) is 39.0 Å². The van der Waals surface area contributed by atoms with Crippen LogP contribution in [0.5, 0.6) is 0 Å². The molecule has 3 aliphatic rings. The van der Waals surface area contributed by atoms with Crippen molar-refractivity contribution in [3.8, 4) is 0 Å². The van der Waals surface area contributed by atoms with Gasteiger partial charge in [0.15, 0.2) is 0 Å². The molecule has 2 unspecified atom stereocenters. The third-order valence-corrected chi connectivity index (χ3v) is 6.85. The Morgan fingerprint density at radius 2 is 1.83 bits per heavy atom. The van der Waals surface area contributed by atoms with E-state index in [0.29, 0.717) is 5.69 Å². The minimum absolute atomic E-state index is 0.00495. The number of carbonyl (C=O) groups is 1. The average Bonchev–Trinajstić information content (AvgIpc) is 3.23. The van der Waals surface area contributed by atoms with Crippen molar-refractivity contribution in [2.45, 2.75) is 82.8 Å². The van der Waals surface area contributed by atoms with E-state index < -0.39 is 17.3 Å². The summed E-state index contributed by atoms with van der Waals surface area (Å²) in [5.74, 6) is -0.331. The van der Waals surface area contributed by atoms with Crippen LogP contribution in [0.25, 0.3) is 0 Å². The monoisotopic (exact) mass is 489 g/mol. The summed E-state index contributed by atoms with van der Waals surface area (Å²) in [5, 5.41) is 5.99. The number of hydrogen-bond acceptors (Lipinski definition) is 7. The molecule has 2 aliphatic heterocycles. The number of aromatic nitrogens is 2. The fraction of sp³-hybridized carbons (Fsp3) is 0.560. The summed E-state index contributed by atoms with van der Waals surface area (Å²) in [4.78, 5) is 22.7. The zero-order valence-electron chi connectivity index (χ0n) is 20.1. The first kappa shape index (κ1) is 23.8. The highest BCUT2D eigenvalue weighted by Crippen LogP contribution is 2.53. The van der Waals surface area contributed by atoms with Gasteiger partial charge in [-0.15, -0.1) is 0 Å². The first-order chi connectivity index (χ1) is 16.5. The topological polar surface area (TPSA) is 79.4 Å². The van der Waals surface area contributed by atoms with Crippen LogP contribution in [0, 0.1) is 0 Å². The number of rotatable bonds is 6. The first-order valence-corrected chi connectivity index (χ1v) is 12.1. The van der Waals surface area contributed by atoms with Crippen LogP contribution >= 0.6 is 0 Å². The molecule has 2 atom stereocenters. The van der Waals surface area contributed by atoms with Gasteiger partial charge in [0.05, 0.1) is 6.54 Å². The second kappa shape index (κ2) is 8.65. The van der Waals surface area contributed by atoms with E-state index in [0.717, 1.165) is 43.9 Å². The van der Waals surface area contributed by atoms with Crippen LogP contribution in [0.3, 0.4) is 0 Å². The van der Waals surface area contributed by atoms with Gasteiger partial charge in [-0.1, -0.05) is 6.07 Å². The van der Waals surface area contributed by atoms with Gasteiger partial charge in [0.1, 0.15) is 17.0 Å². The second-order valence-electron chi connectivity index (χ2n) is 10.6. The van der Waals surface area contributed by atoms with Gasteiger partial charge in [-0.25, -0.2) is 4.98 Å². The van der Waals surface area contributed by atoms with Gasteiger partial charge in [0.2, 0.25) is 5.95 Å². The summed E-state index contributed by atoms with van der Waals surface area (Å²) >= 11 is 0. The van der Waals surface area contributed by atoms with E-state index in [9.17, 15) is 18.0 Å². The highest BCUT2D eigenvalue weighted by molar-refractivity contribution is 5.73. The Bertz CT molecular complexity index is 1130. The maximum Gasteiger partial charge on any atom is 0.421 e. The number of hydrogen-bond donors (Lipinski definition) is 2. The molecule has 188 valence electrons. The van der Waals surface area contributed by atoms with Crippen LogP contribution < -0.4 is 10.6 Å². The molecule has 0 spiro atoms. The zero-order valence-corrected chi connectivity index (χ0v) is 20.1. The number of benzene rings is 1. The summed E-state index contributed by atoms with van der Waals surface area (Å²) < 4.78 is 45.9. The van der Waals surface area contributed by atoms with Crippen LogP contribution in [0.15, 0.2) is 24.4 Å². The van der Waals surface area contributed by atoms with E-state index >= 15 is 0 Å². The Hall–Kier alpha value is -2.88. The molecule has 5 rings (SSSR count). The average molecular weight is 490 g/mol. The van der Waals surface area contributed by atoms with Crippen molar-refractivity contribution in [2.24, 2.45) is 0 Å². The van der Waals surface area contributed by atoms with Gasteiger partial charge in [0.25, 0.3) is 0 Å². The minimum Gasteiger partial charge on any atom is -0.459 e. The number of ether oxygens (including phenoxy) is 1. The molecule has 2 fully saturated rings. The Labute approximate surface area is 202 Å². The number of nitrogens with one attached hydrogen (secondary N) is 2. The minimum atomic E-state index is -4.53. The normalized spacial score (nSPS) is 22.0. The Kier molecular flexibility index (Phi) is 5.89. The number of alkyl halides is 3. The van der Waals surface area contributed by atoms with Gasteiger partial charge in [0, 0.05) is 30.0 Å². The van der Waals surface area contributed by atoms with Gasteiger partial charge < -0.3 is 15.4 Å². The van der Waals surface area contributed by atoms with Crippen molar-refractivity contribution in [3.05, 3.63) is 41.1 Å². The van der Waals surface area contributed by atoms with Crippen LogP contribution in [0.2, 0.25) is 0 Å². The zero-order chi connectivity index (χ0) is 25.0. The molecule has 35 heavy (non-hydrogen) atoms. The SMILES string of the molecule is CC(C)(C)OC(=O)CN1C2CCC1c1cc(Nc3ncc(C(F)(F)F)c(NC4CCC4)n3)ccc12. The fourth-order valence-electron chi connectivity index (χ4n) is 5.16. The summed E-state index contributed by atoms with van der Waals surface area (Å²) in [6.07, 6.45) is 0.872. The number of halogens is 3. The van der Waals surface area contributed by atoms with Gasteiger partial charge in [-0.05, 0) is 76.1 Å². The van der Waals surface area contributed by atoms with E-state index in [-0.39, 0.29) is 42.4 Å². The number of nitrogens with zero attached hydrogens (tertiary/aromatic N) is 3. The summed E-state index contributed by atoms with van der Waals surface area (Å²) in [6, 6.07) is 6.16. The summed E-state index contributed by atoms with van der Waals surface area (Å²) in [7, 11) is 0. The van der Waals surface area contributed by atoms with Crippen molar-refractivity contribution in [1.29, 1.82) is 0 Å². The molecule has 2 N–H and O–H groups in total. The quantitative estimate of drug-likeness (QED) is 0.501. The molecule has 10 heteroatoms. The molecule has 0 amide bonds. The van der Waals surface area contributed by atoms with E-state index in [1.54, 1.807) is 0 Å². The maximum atomic E-state index is 13.5. The molecular formula is C25H30F3N5O2. The highest BCUT2D eigenvalue weighted by atomic mass is 19.4.